The molecule has 5 N–H and O–H groups in total. The maximum Gasteiger partial charge on any atom is 0.251 e. The Morgan fingerprint density at radius 2 is 1.85 bits per heavy atom. The molecule has 0 aliphatic rings. The quantitative estimate of drug-likeness (QED) is 0.295. The van der Waals surface area contributed by atoms with Crippen LogP contribution in [0.4, 0.5) is 11.5 Å². The van der Waals surface area contributed by atoms with Crippen molar-refractivity contribution in [3.63, 3.8) is 0 Å². The molecule has 2 aromatic heterocycles. The van der Waals surface area contributed by atoms with Crippen molar-refractivity contribution in [2.24, 2.45) is 0 Å². The van der Waals surface area contributed by atoms with E-state index >= 15 is 0 Å². The highest BCUT2D eigenvalue weighted by Gasteiger charge is 2.08. The number of fused-ring (bicyclic) bond motifs is 1. The van der Waals surface area contributed by atoms with Crippen molar-refractivity contribution in [1.82, 2.24) is 20.6 Å². The third-order valence-corrected chi connectivity index (χ3v) is 5.39. The fraction of sp³-hybridized carbons (Fsp3) is 0.192. The average Bonchev–Trinajstić information content (AvgIpc) is 2.86. The highest BCUT2D eigenvalue weighted by Crippen LogP contribution is 2.24. The summed E-state index contributed by atoms with van der Waals surface area (Å²) in [4.78, 5) is 21.3. The number of nitrogens with one attached hydrogen (secondary N) is 3. The van der Waals surface area contributed by atoms with E-state index in [-0.39, 0.29) is 5.91 Å². The second kappa shape index (κ2) is 10.6. The first-order valence-corrected chi connectivity index (χ1v) is 11.0. The summed E-state index contributed by atoms with van der Waals surface area (Å²) < 4.78 is 0. The lowest BCUT2D eigenvalue weighted by Crippen LogP contribution is -2.26. The van der Waals surface area contributed by atoms with E-state index in [2.05, 4.69) is 27.0 Å². The molecule has 168 valence electrons. The molecule has 0 unspecified atom stereocenters. The minimum Gasteiger partial charge on any atom is -0.396 e. The fourth-order valence-corrected chi connectivity index (χ4v) is 3.55. The van der Waals surface area contributed by atoms with Gasteiger partial charge in [-0.25, -0.2) is 4.98 Å². The van der Waals surface area contributed by atoms with Gasteiger partial charge in [-0.1, -0.05) is 24.3 Å². The van der Waals surface area contributed by atoms with Crippen LogP contribution in [0.15, 0.2) is 72.9 Å². The second-order valence-electron chi connectivity index (χ2n) is 7.81. The molecule has 0 radical (unpaired) electrons. The number of rotatable bonds is 9. The molecular weight excluding hydrogens is 412 g/mol. The molecule has 0 aliphatic carbocycles. The predicted molar refractivity (Wildman–Crippen MR) is 134 cm³/mol. The highest BCUT2D eigenvalue weighted by molar-refractivity contribution is 5.94. The van der Waals surface area contributed by atoms with Crippen molar-refractivity contribution < 1.29 is 4.79 Å². The summed E-state index contributed by atoms with van der Waals surface area (Å²) in [7, 11) is 1.90. The lowest BCUT2D eigenvalue weighted by atomic mass is 10.1. The number of carbonyl (C=O) groups excluding carboxylic acids is 1. The minimum atomic E-state index is -0.0733. The Morgan fingerprint density at radius 1 is 1.00 bits per heavy atom. The van der Waals surface area contributed by atoms with Crippen LogP contribution in [-0.4, -0.2) is 36.0 Å². The number of nitrogens with two attached hydrogens (primary N) is 1. The summed E-state index contributed by atoms with van der Waals surface area (Å²) in [6.07, 6.45) is 2.68. The molecule has 4 aromatic rings. The van der Waals surface area contributed by atoms with Crippen molar-refractivity contribution in [3.05, 3.63) is 84.1 Å². The van der Waals surface area contributed by atoms with Crippen molar-refractivity contribution >= 4 is 28.3 Å². The molecule has 4 rings (SSSR count). The zero-order chi connectivity index (χ0) is 23.0. The van der Waals surface area contributed by atoms with E-state index in [4.69, 9.17) is 10.7 Å². The fourth-order valence-electron chi connectivity index (χ4n) is 3.55. The van der Waals surface area contributed by atoms with Gasteiger partial charge in [-0.05, 0) is 68.0 Å². The topological polar surface area (TPSA) is 105 Å². The number of pyridine rings is 2. The van der Waals surface area contributed by atoms with E-state index in [1.54, 1.807) is 6.20 Å². The molecule has 7 nitrogen and oxygen atoms in total. The number of hydrogen-bond donors (Lipinski definition) is 4. The number of nitrogens with zero attached hydrogens (tertiary/aromatic N) is 2. The van der Waals surface area contributed by atoms with Gasteiger partial charge in [0.15, 0.2) is 0 Å². The molecule has 1 amide bonds. The van der Waals surface area contributed by atoms with Crippen molar-refractivity contribution in [2.45, 2.75) is 13.0 Å². The average molecular weight is 441 g/mol. The molecule has 0 saturated heterocycles. The van der Waals surface area contributed by atoms with Gasteiger partial charge in [0, 0.05) is 35.8 Å². The van der Waals surface area contributed by atoms with Crippen LogP contribution in [0.2, 0.25) is 0 Å². The minimum absolute atomic E-state index is 0.0733. The summed E-state index contributed by atoms with van der Waals surface area (Å²) in [5.41, 5.74) is 11.2. The Balaban J connectivity index is 1.43. The third kappa shape index (κ3) is 5.64. The van der Waals surface area contributed by atoms with Gasteiger partial charge in [-0.2, -0.15) is 0 Å². The van der Waals surface area contributed by atoms with Crippen LogP contribution in [0.1, 0.15) is 22.3 Å². The van der Waals surface area contributed by atoms with Gasteiger partial charge in [-0.3, -0.25) is 9.78 Å². The van der Waals surface area contributed by atoms with Crippen LogP contribution < -0.4 is 21.7 Å². The SMILES string of the molecule is CNCCCNC(=O)c1ccc(-c2ccc(N)c(NCc3ccc4ncccc4c3)n2)cc1. The maximum absolute atomic E-state index is 12.3. The summed E-state index contributed by atoms with van der Waals surface area (Å²) >= 11 is 0. The van der Waals surface area contributed by atoms with Gasteiger partial charge in [0.2, 0.25) is 0 Å². The molecule has 0 fully saturated rings. The van der Waals surface area contributed by atoms with Crippen molar-refractivity contribution in [2.75, 3.05) is 31.2 Å². The number of hydrogen-bond acceptors (Lipinski definition) is 6. The molecule has 7 heteroatoms. The molecule has 33 heavy (non-hydrogen) atoms. The number of aromatic nitrogens is 2. The number of amides is 1. The highest BCUT2D eigenvalue weighted by atomic mass is 16.1. The third-order valence-electron chi connectivity index (χ3n) is 5.39. The van der Waals surface area contributed by atoms with E-state index in [0.29, 0.717) is 30.2 Å². The van der Waals surface area contributed by atoms with Gasteiger partial charge in [0.25, 0.3) is 5.91 Å². The second-order valence-corrected chi connectivity index (χ2v) is 7.81. The summed E-state index contributed by atoms with van der Waals surface area (Å²) in [5, 5.41) is 10.4. The normalized spacial score (nSPS) is 10.8. The first kappa shape index (κ1) is 22.2. The van der Waals surface area contributed by atoms with E-state index in [0.717, 1.165) is 40.7 Å². The van der Waals surface area contributed by atoms with Crippen molar-refractivity contribution in [1.29, 1.82) is 0 Å². The lowest BCUT2D eigenvalue weighted by molar-refractivity contribution is 0.0953. The largest absolute Gasteiger partial charge is 0.396 e. The molecule has 0 bridgehead atoms. The summed E-state index contributed by atoms with van der Waals surface area (Å²) in [5.74, 6) is 0.556. The van der Waals surface area contributed by atoms with E-state index in [1.807, 2.05) is 67.7 Å². The first-order chi connectivity index (χ1) is 16.1. The van der Waals surface area contributed by atoms with Crippen molar-refractivity contribution in [3.8, 4) is 11.3 Å². The molecular formula is C26H28N6O. The Kier molecular flexibility index (Phi) is 7.12. The number of carbonyl (C=O) groups is 1. The van der Waals surface area contributed by atoms with Gasteiger partial charge < -0.3 is 21.7 Å². The van der Waals surface area contributed by atoms with Crippen LogP contribution in [-0.2, 0) is 6.54 Å². The Labute approximate surface area is 193 Å². The van der Waals surface area contributed by atoms with E-state index in [1.165, 1.54) is 0 Å². The number of anilines is 2. The lowest BCUT2D eigenvalue weighted by Gasteiger charge is -2.11. The number of benzene rings is 2. The molecule has 0 aliphatic heterocycles. The summed E-state index contributed by atoms with van der Waals surface area (Å²) in [6, 6.07) is 21.3. The van der Waals surface area contributed by atoms with E-state index < -0.39 is 0 Å². The molecule has 0 atom stereocenters. The zero-order valence-electron chi connectivity index (χ0n) is 18.6. The monoisotopic (exact) mass is 440 g/mol. The van der Waals surface area contributed by atoms with Gasteiger partial charge in [0.05, 0.1) is 16.9 Å². The zero-order valence-corrected chi connectivity index (χ0v) is 18.6. The van der Waals surface area contributed by atoms with Gasteiger partial charge in [0.1, 0.15) is 5.82 Å². The maximum atomic E-state index is 12.3. The van der Waals surface area contributed by atoms with Crippen LogP contribution in [0.3, 0.4) is 0 Å². The molecule has 0 spiro atoms. The van der Waals surface area contributed by atoms with Crippen LogP contribution >= 0.6 is 0 Å². The molecule has 2 aromatic carbocycles. The Morgan fingerprint density at radius 3 is 2.67 bits per heavy atom. The smallest absolute Gasteiger partial charge is 0.251 e. The standard InChI is InChI=1S/C26H28N6O/c1-28-13-3-15-30-26(33)20-8-6-19(7-9-20)24-12-10-22(27)25(32-24)31-17-18-5-11-23-21(16-18)4-2-14-29-23/h2,4-12,14,16,28H,3,13,15,17,27H2,1H3,(H,30,33)(H,31,32). The van der Waals surface area contributed by atoms with Crippen LogP contribution in [0.25, 0.3) is 22.2 Å². The Bertz CT molecular complexity index is 1240. The van der Waals surface area contributed by atoms with Crippen LogP contribution in [0, 0.1) is 0 Å². The number of nitrogen functional groups attached to an aromatic ring is 1. The van der Waals surface area contributed by atoms with Crippen LogP contribution in [0.5, 0.6) is 0 Å². The predicted octanol–water partition coefficient (Wildman–Crippen LogP) is 3.83. The summed E-state index contributed by atoms with van der Waals surface area (Å²) in [6.45, 7) is 2.11. The molecule has 2 heterocycles. The van der Waals surface area contributed by atoms with Gasteiger partial charge in [-0.15, -0.1) is 0 Å². The molecule has 0 saturated carbocycles. The van der Waals surface area contributed by atoms with Gasteiger partial charge >= 0.3 is 0 Å². The Hall–Kier alpha value is -3.97. The first-order valence-electron chi connectivity index (χ1n) is 11.0. The van der Waals surface area contributed by atoms with E-state index in [9.17, 15) is 4.79 Å².